The minimum atomic E-state index is -0.535. The third-order valence-corrected chi connectivity index (χ3v) is 5.63. The summed E-state index contributed by atoms with van der Waals surface area (Å²) < 4.78 is 5.33. The van der Waals surface area contributed by atoms with E-state index in [-0.39, 0.29) is 36.5 Å². The first-order valence-electron chi connectivity index (χ1n) is 9.37. The Morgan fingerprint density at radius 2 is 2.07 bits per heavy atom. The topological polar surface area (TPSA) is 93.0 Å². The van der Waals surface area contributed by atoms with Gasteiger partial charge < -0.3 is 14.5 Å². The van der Waals surface area contributed by atoms with Gasteiger partial charge in [-0.1, -0.05) is 23.7 Å². The molecule has 30 heavy (non-hydrogen) atoms. The molecule has 0 aliphatic carbocycles. The maximum absolute atomic E-state index is 13.1. The number of halogens is 1. The highest BCUT2D eigenvalue weighted by molar-refractivity contribution is 6.31. The minimum absolute atomic E-state index is 0.0320. The van der Waals surface area contributed by atoms with E-state index in [9.17, 15) is 19.7 Å². The smallest absolute Gasteiger partial charge is 0.269 e. The van der Waals surface area contributed by atoms with Crippen LogP contribution in [0.25, 0.3) is 0 Å². The van der Waals surface area contributed by atoms with Crippen molar-refractivity contribution >= 4 is 34.8 Å². The van der Waals surface area contributed by atoms with Gasteiger partial charge >= 0.3 is 0 Å². The van der Waals surface area contributed by atoms with E-state index in [1.165, 1.54) is 29.0 Å². The van der Waals surface area contributed by atoms with E-state index in [0.717, 1.165) is 0 Å². The molecule has 9 heteroatoms. The lowest BCUT2D eigenvalue weighted by atomic mass is 10.0. The van der Waals surface area contributed by atoms with E-state index in [1.54, 1.807) is 44.3 Å². The molecular weight excluding hydrogens is 410 g/mol. The van der Waals surface area contributed by atoms with Crippen molar-refractivity contribution in [3.63, 3.8) is 0 Å². The van der Waals surface area contributed by atoms with Crippen molar-refractivity contribution in [3.8, 4) is 5.75 Å². The summed E-state index contributed by atoms with van der Waals surface area (Å²) in [6.07, 6.45) is 0.0699. The van der Waals surface area contributed by atoms with Gasteiger partial charge in [-0.05, 0) is 30.7 Å². The van der Waals surface area contributed by atoms with Gasteiger partial charge in [-0.3, -0.25) is 19.7 Å². The average Bonchev–Trinajstić information content (AvgIpc) is 3.13. The van der Waals surface area contributed by atoms with E-state index in [1.807, 2.05) is 0 Å². The number of hydrogen-bond acceptors (Lipinski definition) is 5. The number of amides is 2. The molecule has 1 saturated heterocycles. The molecule has 0 spiro atoms. The monoisotopic (exact) mass is 431 g/mol. The quantitative estimate of drug-likeness (QED) is 0.512. The lowest BCUT2D eigenvalue weighted by molar-refractivity contribution is -0.384. The number of non-ortho nitro benzene ring substituents is 1. The summed E-state index contributed by atoms with van der Waals surface area (Å²) in [6, 6.07) is 10.8. The van der Waals surface area contributed by atoms with Gasteiger partial charge in [-0.15, -0.1) is 0 Å². The second-order valence-corrected chi connectivity index (χ2v) is 7.64. The van der Waals surface area contributed by atoms with Crippen LogP contribution >= 0.6 is 11.6 Å². The molecule has 0 saturated carbocycles. The third-order valence-electron chi connectivity index (χ3n) is 5.40. The van der Waals surface area contributed by atoms with Crippen molar-refractivity contribution in [2.45, 2.75) is 19.4 Å². The second kappa shape index (κ2) is 8.71. The molecule has 2 aromatic rings. The molecule has 1 aliphatic rings. The van der Waals surface area contributed by atoms with Crippen LogP contribution in [0.5, 0.6) is 5.75 Å². The predicted octanol–water partition coefficient (Wildman–Crippen LogP) is 3.83. The van der Waals surface area contributed by atoms with Crippen LogP contribution in [0, 0.1) is 16.0 Å². The molecule has 158 valence electrons. The maximum Gasteiger partial charge on any atom is 0.269 e. The van der Waals surface area contributed by atoms with Gasteiger partial charge in [-0.2, -0.15) is 0 Å². The van der Waals surface area contributed by atoms with Crippen LogP contribution in [0.3, 0.4) is 0 Å². The Kier molecular flexibility index (Phi) is 6.26. The van der Waals surface area contributed by atoms with Crippen molar-refractivity contribution in [2.24, 2.45) is 5.92 Å². The van der Waals surface area contributed by atoms with Gasteiger partial charge in [0.15, 0.2) is 0 Å². The minimum Gasteiger partial charge on any atom is -0.495 e. The fraction of sp³-hybridized carbons (Fsp3) is 0.333. The molecule has 2 atom stereocenters. The Labute approximate surface area is 179 Å². The molecule has 2 unspecified atom stereocenters. The Bertz CT molecular complexity index is 996. The summed E-state index contributed by atoms with van der Waals surface area (Å²) >= 11 is 6.08. The van der Waals surface area contributed by atoms with E-state index >= 15 is 0 Å². The number of benzene rings is 2. The van der Waals surface area contributed by atoms with Crippen LogP contribution in [0.15, 0.2) is 42.5 Å². The Morgan fingerprint density at radius 1 is 1.33 bits per heavy atom. The molecule has 2 aromatic carbocycles. The number of anilines is 1. The van der Waals surface area contributed by atoms with Gasteiger partial charge in [0.1, 0.15) is 5.75 Å². The zero-order valence-electron chi connectivity index (χ0n) is 16.9. The number of nitro groups is 1. The first-order valence-corrected chi connectivity index (χ1v) is 9.75. The van der Waals surface area contributed by atoms with Crippen LogP contribution < -0.4 is 9.64 Å². The number of carbonyl (C=O) groups excluding carboxylic acids is 2. The molecule has 1 fully saturated rings. The number of ether oxygens (including phenoxy) is 1. The van der Waals surface area contributed by atoms with Gasteiger partial charge in [0.05, 0.1) is 29.7 Å². The molecule has 1 aliphatic heterocycles. The van der Waals surface area contributed by atoms with Gasteiger partial charge in [-0.25, -0.2) is 0 Å². The van der Waals surface area contributed by atoms with Gasteiger partial charge in [0.25, 0.3) is 5.69 Å². The van der Waals surface area contributed by atoms with E-state index in [2.05, 4.69) is 0 Å². The average molecular weight is 432 g/mol. The normalized spacial score (nSPS) is 17.0. The number of nitro benzene ring substituents is 1. The lowest BCUT2D eigenvalue weighted by Gasteiger charge is -2.28. The number of carbonyl (C=O) groups is 2. The SMILES string of the molecule is COc1ccc(Cl)cc1N1CC(C(=O)N(C)C(C)c2cccc([N+](=O)[O-])c2)CC1=O. The Morgan fingerprint density at radius 3 is 2.73 bits per heavy atom. The summed E-state index contributed by atoms with van der Waals surface area (Å²) in [6.45, 7) is 2.01. The second-order valence-electron chi connectivity index (χ2n) is 7.20. The number of rotatable bonds is 6. The van der Waals surface area contributed by atoms with Crippen LogP contribution in [0.4, 0.5) is 11.4 Å². The number of methoxy groups -OCH3 is 1. The molecule has 0 aromatic heterocycles. The fourth-order valence-electron chi connectivity index (χ4n) is 3.58. The fourth-order valence-corrected chi connectivity index (χ4v) is 3.75. The van der Waals surface area contributed by atoms with Crippen LogP contribution in [0.2, 0.25) is 5.02 Å². The highest BCUT2D eigenvalue weighted by Gasteiger charge is 2.38. The first-order chi connectivity index (χ1) is 14.2. The lowest BCUT2D eigenvalue weighted by Crippen LogP contribution is -2.36. The summed E-state index contributed by atoms with van der Waals surface area (Å²) in [5.74, 6) is -0.428. The van der Waals surface area contributed by atoms with Gasteiger partial charge in [0, 0.05) is 37.2 Å². The largest absolute Gasteiger partial charge is 0.495 e. The van der Waals surface area contributed by atoms with Crippen molar-refractivity contribution in [3.05, 3.63) is 63.2 Å². The highest BCUT2D eigenvalue weighted by Crippen LogP contribution is 2.36. The Balaban J connectivity index is 1.78. The summed E-state index contributed by atoms with van der Waals surface area (Å²) in [5, 5.41) is 11.5. The Hall–Kier alpha value is -3.13. The molecule has 0 N–H and O–H groups in total. The molecule has 8 nitrogen and oxygen atoms in total. The summed E-state index contributed by atoms with van der Waals surface area (Å²) in [7, 11) is 3.14. The third kappa shape index (κ3) is 4.23. The zero-order valence-corrected chi connectivity index (χ0v) is 17.6. The van der Waals surface area contributed by atoms with E-state index in [0.29, 0.717) is 22.0 Å². The number of hydrogen-bond donors (Lipinski definition) is 0. The summed E-state index contributed by atoms with van der Waals surface area (Å²) in [4.78, 5) is 39.3. The standard InChI is InChI=1S/C21H22ClN3O5/c1-13(14-5-4-6-17(9-14)25(28)29)23(2)21(27)15-10-20(26)24(12-15)18-11-16(22)7-8-19(18)30-3/h4-9,11,13,15H,10,12H2,1-3H3. The predicted molar refractivity (Wildman–Crippen MR) is 113 cm³/mol. The van der Waals surface area contributed by atoms with Crippen LogP contribution in [-0.2, 0) is 9.59 Å². The molecule has 0 bridgehead atoms. The van der Waals surface area contributed by atoms with Gasteiger partial charge in [0.2, 0.25) is 11.8 Å². The highest BCUT2D eigenvalue weighted by atomic mass is 35.5. The van der Waals surface area contributed by atoms with Crippen molar-refractivity contribution in [1.29, 1.82) is 0 Å². The van der Waals surface area contributed by atoms with Crippen LogP contribution in [0.1, 0.15) is 24.9 Å². The van der Waals surface area contributed by atoms with Crippen molar-refractivity contribution in [1.82, 2.24) is 4.90 Å². The molecule has 3 rings (SSSR count). The van der Waals surface area contributed by atoms with E-state index < -0.39 is 10.8 Å². The van der Waals surface area contributed by atoms with E-state index in [4.69, 9.17) is 16.3 Å². The first kappa shape index (κ1) is 21.6. The molecule has 2 amide bonds. The maximum atomic E-state index is 13.1. The zero-order chi connectivity index (χ0) is 22.0. The number of nitrogens with zero attached hydrogens (tertiary/aromatic N) is 3. The van der Waals surface area contributed by atoms with Crippen LogP contribution in [-0.4, -0.2) is 42.3 Å². The van der Waals surface area contributed by atoms with Crippen molar-refractivity contribution < 1.29 is 19.2 Å². The summed E-state index contributed by atoms with van der Waals surface area (Å²) in [5.41, 5.74) is 1.15. The molecule has 0 radical (unpaired) electrons. The van der Waals surface area contributed by atoms with Crippen molar-refractivity contribution in [2.75, 3.05) is 25.6 Å². The molecule has 1 heterocycles. The molecular formula is C21H22ClN3O5.